The molecule has 0 amide bonds. The zero-order valence-electron chi connectivity index (χ0n) is 6.50. The second-order valence-electron chi connectivity index (χ2n) is 2.40. The molecule has 0 radical (unpaired) electrons. The second kappa shape index (κ2) is 2.71. The lowest BCUT2D eigenvalue weighted by Gasteiger charge is -1.87. The molecule has 2 heterocycles. The Balaban J connectivity index is 2.74. The van der Waals surface area contributed by atoms with Gasteiger partial charge in [-0.3, -0.25) is 0 Å². The van der Waals surface area contributed by atoms with Crippen molar-refractivity contribution in [2.75, 3.05) is 0 Å². The van der Waals surface area contributed by atoms with Gasteiger partial charge in [-0.2, -0.15) is 0 Å². The van der Waals surface area contributed by atoms with Gasteiger partial charge in [-0.15, -0.1) is 0 Å². The fraction of sp³-hybridized carbons (Fsp3) is 0.286. The molecule has 0 aliphatic carbocycles. The second-order valence-corrected chi connectivity index (χ2v) is 2.76. The number of H-pyrrole nitrogens is 1. The summed E-state index contributed by atoms with van der Waals surface area (Å²) in [6, 6.07) is 0. The summed E-state index contributed by atoms with van der Waals surface area (Å²) in [6.07, 6.45) is 2.25. The predicted octanol–water partition coefficient (Wildman–Crippen LogP) is 1.57. The smallest absolute Gasteiger partial charge is 0.182 e. The largest absolute Gasteiger partial charge is 0.338 e. The van der Waals surface area contributed by atoms with Gasteiger partial charge < -0.3 is 4.98 Å². The van der Waals surface area contributed by atoms with Crippen LogP contribution in [-0.2, 0) is 6.42 Å². The van der Waals surface area contributed by atoms with Crippen molar-refractivity contribution in [2.24, 2.45) is 0 Å². The summed E-state index contributed by atoms with van der Waals surface area (Å²) in [7, 11) is 0. The molecule has 4 nitrogen and oxygen atoms in total. The minimum absolute atomic E-state index is 0.423. The molecule has 0 aliphatic rings. The quantitative estimate of drug-likeness (QED) is 0.682. The minimum atomic E-state index is 0.423. The maximum atomic E-state index is 5.80. The molecule has 0 aromatic carbocycles. The van der Waals surface area contributed by atoms with Crippen LogP contribution in [-0.4, -0.2) is 19.9 Å². The summed E-state index contributed by atoms with van der Waals surface area (Å²) in [6.45, 7) is 2.01. The van der Waals surface area contributed by atoms with Gasteiger partial charge in [0.1, 0.15) is 17.7 Å². The van der Waals surface area contributed by atoms with E-state index in [4.69, 9.17) is 11.6 Å². The average molecular weight is 183 g/mol. The van der Waals surface area contributed by atoms with Crippen LogP contribution in [0.25, 0.3) is 11.2 Å². The summed E-state index contributed by atoms with van der Waals surface area (Å²) in [5, 5.41) is 0.423. The van der Waals surface area contributed by atoms with Gasteiger partial charge in [-0.1, -0.05) is 18.5 Å². The van der Waals surface area contributed by atoms with Crippen molar-refractivity contribution in [1.29, 1.82) is 0 Å². The summed E-state index contributed by atoms with van der Waals surface area (Å²) in [5.74, 6) is 0.882. The summed E-state index contributed by atoms with van der Waals surface area (Å²) in [5.41, 5.74) is 1.35. The fourth-order valence-electron chi connectivity index (χ4n) is 1.02. The Morgan fingerprint density at radius 2 is 2.33 bits per heavy atom. The number of nitrogens with one attached hydrogen (secondary N) is 1. The van der Waals surface area contributed by atoms with Gasteiger partial charge in [0.15, 0.2) is 10.8 Å². The highest BCUT2D eigenvalue weighted by atomic mass is 35.5. The topological polar surface area (TPSA) is 54.5 Å². The number of aryl methyl sites for hydroxylation is 1. The maximum absolute atomic E-state index is 5.80. The van der Waals surface area contributed by atoms with Crippen LogP contribution in [0.3, 0.4) is 0 Å². The molecule has 2 rings (SSSR count). The minimum Gasteiger partial charge on any atom is -0.338 e. The van der Waals surface area contributed by atoms with Crippen LogP contribution in [0.2, 0.25) is 5.15 Å². The molecule has 0 aliphatic heterocycles. The van der Waals surface area contributed by atoms with E-state index in [1.165, 1.54) is 6.33 Å². The lowest BCUT2D eigenvalue weighted by molar-refractivity contribution is 0.997. The number of imidazole rings is 1. The molecule has 62 valence electrons. The van der Waals surface area contributed by atoms with Crippen LogP contribution in [0.1, 0.15) is 12.7 Å². The number of rotatable bonds is 1. The number of hydrogen-bond donors (Lipinski definition) is 1. The van der Waals surface area contributed by atoms with Crippen molar-refractivity contribution < 1.29 is 0 Å². The highest BCUT2D eigenvalue weighted by Crippen LogP contribution is 2.15. The van der Waals surface area contributed by atoms with Crippen LogP contribution in [0.15, 0.2) is 6.33 Å². The van der Waals surface area contributed by atoms with Gasteiger partial charge in [-0.05, 0) is 0 Å². The summed E-state index contributed by atoms with van der Waals surface area (Å²) >= 11 is 5.80. The summed E-state index contributed by atoms with van der Waals surface area (Å²) < 4.78 is 0. The van der Waals surface area contributed by atoms with Gasteiger partial charge >= 0.3 is 0 Å². The van der Waals surface area contributed by atoms with Crippen molar-refractivity contribution in [3.8, 4) is 0 Å². The monoisotopic (exact) mass is 182 g/mol. The Labute approximate surface area is 74.0 Å². The molecule has 2 aromatic heterocycles. The molecular weight excluding hydrogens is 176 g/mol. The van der Waals surface area contributed by atoms with Gasteiger partial charge in [0.05, 0.1) is 0 Å². The van der Waals surface area contributed by atoms with Crippen LogP contribution >= 0.6 is 11.6 Å². The number of fused-ring (bicyclic) bond motifs is 1. The van der Waals surface area contributed by atoms with E-state index < -0.39 is 0 Å². The van der Waals surface area contributed by atoms with E-state index in [1.807, 2.05) is 6.92 Å². The zero-order chi connectivity index (χ0) is 8.55. The highest BCUT2D eigenvalue weighted by molar-refractivity contribution is 6.33. The van der Waals surface area contributed by atoms with E-state index in [2.05, 4.69) is 19.9 Å². The molecule has 0 bridgehead atoms. The lowest BCUT2D eigenvalue weighted by atomic mass is 10.5. The molecular formula is C7H7ClN4. The third-order valence-corrected chi connectivity index (χ3v) is 1.91. The highest BCUT2D eigenvalue weighted by Gasteiger charge is 2.05. The van der Waals surface area contributed by atoms with Gasteiger partial charge in [-0.25, -0.2) is 15.0 Å². The Morgan fingerprint density at radius 1 is 1.50 bits per heavy atom. The maximum Gasteiger partial charge on any atom is 0.182 e. The first-order valence-corrected chi connectivity index (χ1v) is 4.04. The number of aromatic amines is 1. The Bertz CT molecular complexity index is 409. The average Bonchev–Trinajstić information content (AvgIpc) is 2.49. The number of aromatic nitrogens is 4. The molecule has 0 unspecified atom stereocenters. The predicted molar refractivity (Wildman–Crippen MR) is 46.1 cm³/mol. The molecule has 0 fully saturated rings. The number of nitrogens with zero attached hydrogens (tertiary/aromatic N) is 3. The molecule has 5 heteroatoms. The molecule has 0 saturated carbocycles. The van der Waals surface area contributed by atoms with Gasteiger partial charge in [0, 0.05) is 6.42 Å². The van der Waals surface area contributed by atoms with Crippen molar-refractivity contribution >= 4 is 22.8 Å². The first-order chi connectivity index (χ1) is 5.81. The Hall–Kier alpha value is -1.16. The third-order valence-electron chi connectivity index (χ3n) is 1.63. The van der Waals surface area contributed by atoms with Crippen molar-refractivity contribution in [3.63, 3.8) is 0 Å². The van der Waals surface area contributed by atoms with Crippen LogP contribution in [0.5, 0.6) is 0 Å². The molecule has 2 aromatic rings. The van der Waals surface area contributed by atoms with E-state index >= 15 is 0 Å². The first-order valence-electron chi connectivity index (χ1n) is 3.66. The molecule has 1 N–H and O–H groups in total. The first kappa shape index (κ1) is 7.49. The van der Waals surface area contributed by atoms with Crippen LogP contribution < -0.4 is 0 Å². The zero-order valence-corrected chi connectivity index (χ0v) is 7.26. The van der Waals surface area contributed by atoms with Gasteiger partial charge in [0.2, 0.25) is 0 Å². The van der Waals surface area contributed by atoms with E-state index in [9.17, 15) is 0 Å². The molecule has 12 heavy (non-hydrogen) atoms. The fourth-order valence-corrected chi connectivity index (χ4v) is 1.19. The lowest BCUT2D eigenvalue weighted by Crippen LogP contribution is -1.80. The third kappa shape index (κ3) is 1.04. The van der Waals surface area contributed by atoms with Gasteiger partial charge in [0.25, 0.3) is 0 Å². The van der Waals surface area contributed by atoms with Crippen molar-refractivity contribution in [3.05, 3.63) is 17.3 Å². The van der Waals surface area contributed by atoms with Crippen molar-refractivity contribution in [1.82, 2.24) is 19.9 Å². The van der Waals surface area contributed by atoms with Crippen LogP contribution in [0, 0.1) is 0 Å². The summed E-state index contributed by atoms with van der Waals surface area (Å²) in [4.78, 5) is 15.1. The number of hydrogen-bond acceptors (Lipinski definition) is 3. The van der Waals surface area contributed by atoms with E-state index in [0.717, 1.165) is 17.8 Å². The molecule has 0 atom stereocenters. The Morgan fingerprint density at radius 3 is 3.00 bits per heavy atom. The SMILES string of the molecule is CCc1nc2ncnc(Cl)c2[nH]1. The molecule has 0 spiro atoms. The van der Waals surface area contributed by atoms with E-state index in [1.54, 1.807) is 0 Å². The van der Waals surface area contributed by atoms with E-state index in [0.29, 0.717) is 10.8 Å². The van der Waals surface area contributed by atoms with E-state index in [-0.39, 0.29) is 0 Å². The van der Waals surface area contributed by atoms with Crippen molar-refractivity contribution in [2.45, 2.75) is 13.3 Å². The Kier molecular flexibility index (Phi) is 1.69. The normalized spacial score (nSPS) is 10.8. The standard InChI is InChI=1S/C7H7ClN4/c1-2-4-11-5-6(8)9-3-10-7(5)12-4/h3H,2H2,1H3,(H,9,10,11,12). The van der Waals surface area contributed by atoms with Crippen LogP contribution in [0.4, 0.5) is 0 Å². The number of halogens is 1. The molecule has 0 saturated heterocycles.